The van der Waals surface area contributed by atoms with E-state index < -0.39 is 20.0 Å². The first-order chi connectivity index (χ1) is 6.32. The Kier molecular flexibility index (Phi) is 2.85. The minimum atomic E-state index is -5.03. The number of carbonyl (C=O) groups excluding carboxylic acids is 1. The van der Waals surface area contributed by atoms with Gasteiger partial charge in [0.2, 0.25) is 0 Å². The summed E-state index contributed by atoms with van der Waals surface area (Å²) in [4.78, 5) is 11.1. The Morgan fingerprint density at radius 2 is 2.00 bits per heavy atom. The predicted octanol–water partition coefficient (Wildman–Crippen LogP) is -0.968. The van der Waals surface area contributed by atoms with Crippen LogP contribution in [0, 0.1) is 0 Å². The monoisotopic (exact) mass is 259 g/mol. The fraction of sp³-hybridized carbons (Fsp3) is 0.125. The fourth-order valence-corrected chi connectivity index (χ4v) is 2.78. The molecule has 0 fully saturated rings. The molecule has 4 N–H and O–H groups in total. The Hall–Kier alpha value is -1.03. The van der Waals surface area contributed by atoms with E-state index >= 15 is 0 Å². The summed E-state index contributed by atoms with van der Waals surface area (Å²) in [7, 11) is 0. The van der Waals surface area contributed by atoms with Gasteiger partial charge in [0.1, 0.15) is 0 Å². The number of carbonyl (C=O) groups is 1. The molecule has 14 heavy (non-hydrogen) atoms. The third-order valence-electron chi connectivity index (χ3n) is 1.71. The average molecular weight is 259 g/mol. The van der Waals surface area contributed by atoms with Gasteiger partial charge in [0, 0.05) is 0 Å². The quantitative estimate of drug-likeness (QED) is 0.360. The number of benzene rings is 1. The molecule has 0 heterocycles. The molecule has 0 atom stereocenters. The first-order valence-electron chi connectivity index (χ1n) is 3.79. The van der Waals surface area contributed by atoms with Gasteiger partial charge in [-0.2, -0.15) is 0 Å². The summed E-state index contributed by atoms with van der Waals surface area (Å²) >= 11 is -5.03. The van der Waals surface area contributed by atoms with E-state index in [1.54, 1.807) is 0 Å². The van der Waals surface area contributed by atoms with Gasteiger partial charge in [-0.15, -0.1) is 0 Å². The van der Waals surface area contributed by atoms with E-state index in [2.05, 4.69) is 0 Å². The molecule has 0 spiro atoms. The second-order valence-corrected chi connectivity index (χ2v) is 6.17. The van der Waals surface area contributed by atoms with Crippen LogP contribution in [-0.4, -0.2) is 28.1 Å². The summed E-state index contributed by atoms with van der Waals surface area (Å²) in [5.41, 5.74) is 5.72. The zero-order valence-electron chi connectivity index (χ0n) is 7.47. The molecule has 0 amide bonds. The number of ketones is 1. The van der Waals surface area contributed by atoms with Crippen molar-refractivity contribution in [3.8, 4) is 0 Å². The molecule has 0 aliphatic rings. The van der Waals surface area contributed by atoms with Crippen molar-refractivity contribution in [1.82, 2.24) is 0 Å². The molecule has 0 radical (unpaired) electrons. The van der Waals surface area contributed by atoms with E-state index in [0.717, 1.165) is 0 Å². The SMILES string of the molecule is CC(=O)c1cc(N)ccc1[As](=O)(O)O. The summed E-state index contributed by atoms with van der Waals surface area (Å²) < 4.78 is 28.8. The Balaban J connectivity index is 3.45. The molecule has 6 heteroatoms. The third kappa shape index (κ3) is 2.26. The third-order valence-corrected chi connectivity index (χ3v) is 3.85. The predicted molar refractivity (Wildman–Crippen MR) is 51.4 cm³/mol. The molecule has 5 nitrogen and oxygen atoms in total. The summed E-state index contributed by atoms with van der Waals surface area (Å²) in [6, 6.07) is 3.84. The molecule has 0 aliphatic heterocycles. The molecular weight excluding hydrogens is 249 g/mol. The average Bonchev–Trinajstić information content (AvgIpc) is 2.01. The minimum absolute atomic E-state index is 0.00231. The molecular formula is C8H10AsNO4. The van der Waals surface area contributed by atoms with Gasteiger partial charge in [0.05, 0.1) is 0 Å². The van der Waals surface area contributed by atoms with Gasteiger partial charge < -0.3 is 0 Å². The zero-order valence-corrected chi connectivity index (χ0v) is 9.34. The van der Waals surface area contributed by atoms with Crippen molar-refractivity contribution in [2.75, 3.05) is 5.73 Å². The number of rotatable bonds is 2. The van der Waals surface area contributed by atoms with E-state index in [-0.39, 0.29) is 9.91 Å². The molecule has 0 aliphatic carbocycles. The van der Waals surface area contributed by atoms with Crippen LogP contribution in [0.15, 0.2) is 18.2 Å². The fourth-order valence-electron chi connectivity index (χ4n) is 1.09. The van der Waals surface area contributed by atoms with Crippen molar-refractivity contribution in [2.24, 2.45) is 0 Å². The molecule has 0 saturated heterocycles. The number of nitrogen functional groups attached to an aromatic ring is 1. The molecule has 1 aromatic carbocycles. The van der Waals surface area contributed by atoms with Crippen molar-refractivity contribution in [2.45, 2.75) is 6.92 Å². The van der Waals surface area contributed by atoms with Crippen LogP contribution < -0.4 is 10.1 Å². The van der Waals surface area contributed by atoms with Gasteiger partial charge in [-0.1, -0.05) is 0 Å². The Morgan fingerprint density at radius 3 is 2.43 bits per heavy atom. The zero-order chi connectivity index (χ0) is 10.9. The molecule has 0 aromatic heterocycles. The van der Waals surface area contributed by atoms with E-state index in [1.807, 2.05) is 0 Å². The second-order valence-electron chi connectivity index (χ2n) is 2.88. The number of hydrogen-bond acceptors (Lipinski definition) is 3. The van der Waals surface area contributed by atoms with Crippen molar-refractivity contribution >= 4 is 30.0 Å². The van der Waals surface area contributed by atoms with Crippen molar-refractivity contribution in [3.63, 3.8) is 0 Å². The molecule has 1 rings (SSSR count). The summed E-state index contributed by atoms with van der Waals surface area (Å²) in [5, 5.41) is 0. The summed E-state index contributed by atoms with van der Waals surface area (Å²) in [6.07, 6.45) is 0. The van der Waals surface area contributed by atoms with Crippen molar-refractivity contribution in [1.29, 1.82) is 0 Å². The van der Waals surface area contributed by atoms with Crippen molar-refractivity contribution in [3.05, 3.63) is 23.8 Å². The van der Waals surface area contributed by atoms with Crippen LogP contribution in [0.1, 0.15) is 17.3 Å². The maximum atomic E-state index is 11.1. The second kappa shape index (κ2) is 3.61. The number of hydrogen-bond donors (Lipinski definition) is 3. The van der Waals surface area contributed by atoms with Gasteiger partial charge in [-0.05, 0) is 0 Å². The van der Waals surface area contributed by atoms with Crippen LogP contribution in [0.3, 0.4) is 0 Å². The van der Waals surface area contributed by atoms with Gasteiger partial charge >= 0.3 is 83.1 Å². The van der Waals surface area contributed by atoms with Crippen LogP contribution in [0.5, 0.6) is 0 Å². The first-order valence-corrected chi connectivity index (χ1v) is 7.17. The van der Waals surface area contributed by atoms with Gasteiger partial charge in [0.15, 0.2) is 0 Å². The van der Waals surface area contributed by atoms with Crippen LogP contribution >= 0.6 is 0 Å². The van der Waals surface area contributed by atoms with Crippen LogP contribution in [0.4, 0.5) is 5.69 Å². The molecule has 0 unspecified atom stereocenters. The summed E-state index contributed by atoms with van der Waals surface area (Å²) in [6.45, 7) is 1.24. The molecule has 0 bridgehead atoms. The van der Waals surface area contributed by atoms with E-state index in [4.69, 9.17) is 13.9 Å². The van der Waals surface area contributed by atoms with Crippen LogP contribution in [-0.2, 0) is 3.74 Å². The number of Topliss-reactive ketones (excluding diaryl/α,β-unsaturated/α-hetero) is 1. The Bertz CT molecular complexity index is 423. The van der Waals surface area contributed by atoms with Crippen molar-refractivity contribution < 1.29 is 16.7 Å². The normalized spacial score (nSPS) is 11.4. The van der Waals surface area contributed by atoms with Gasteiger partial charge in [-0.25, -0.2) is 0 Å². The van der Waals surface area contributed by atoms with E-state index in [0.29, 0.717) is 5.69 Å². The Morgan fingerprint density at radius 1 is 1.43 bits per heavy atom. The van der Waals surface area contributed by atoms with Crippen LogP contribution in [0.25, 0.3) is 0 Å². The first kappa shape index (κ1) is 11.0. The Labute approximate surface area is 83.5 Å². The number of nitrogens with two attached hydrogens (primary N) is 1. The number of anilines is 1. The van der Waals surface area contributed by atoms with E-state index in [1.165, 1.54) is 25.1 Å². The molecule has 0 saturated carbocycles. The topological polar surface area (TPSA) is 101 Å². The van der Waals surface area contributed by atoms with E-state index in [9.17, 15) is 8.53 Å². The van der Waals surface area contributed by atoms with Gasteiger partial charge in [-0.3, -0.25) is 0 Å². The maximum absolute atomic E-state index is 11.1. The molecule has 76 valence electrons. The summed E-state index contributed by atoms with van der Waals surface area (Å²) in [5.74, 6) is -0.406. The standard InChI is InChI=1S/C8H10AsNO4/c1-5(11)7-4-6(10)2-3-8(7)9(12,13)14/h2-4H,10H2,1H3,(H2,12,13,14). The van der Waals surface area contributed by atoms with Gasteiger partial charge in [0.25, 0.3) is 0 Å². The van der Waals surface area contributed by atoms with Crippen LogP contribution in [0.2, 0.25) is 0 Å². The molecule has 1 aromatic rings.